The highest BCUT2D eigenvalue weighted by atomic mass is 32.2. The molecule has 0 aromatic heterocycles. The van der Waals surface area contributed by atoms with Gasteiger partial charge in [-0.3, -0.25) is 4.79 Å². The Morgan fingerprint density at radius 1 is 1.35 bits per heavy atom. The van der Waals surface area contributed by atoms with Gasteiger partial charge < -0.3 is 10.1 Å². The lowest BCUT2D eigenvalue weighted by Crippen LogP contribution is -2.31. The molecule has 0 saturated carbocycles. The van der Waals surface area contributed by atoms with Crippen molar-refractivity contribution in [2.24, 2.45) is 0 Å². The van der Waals surface area contributed by atoms with Crippen LogP contribution in [-0.4, -0.2) is 39.8 Å². The number of nitrogens with one attached hydrogen (secondary N) is 1. The van der Waals surface area contributed by atoms with Gasteiger partial charge in [0, 0.05) is 25.0 Å². The summed E-state index contributed by atoms with van der Waals surface area (Å²) < 4.78 is 27.8. The van der Waals surface area contributed by atoms with Crippen LogP contribution < -0.4 is 5.32 Å². The Morgan fingerprint density at radius 3 is 2.60 bits per heavy atom. The topological polar surface area (TPSA) is 72.5 Å². The van der Waals surface area contributed by atoms with Crippen LogP contribution >= 0.6 is 0 Å². The van der Waals surface area contributed by atoms with E-state index in [2.05, 4.69) is 5.32 Å². The lowest BCUT2D eigenvalue weighted by atomic mass is 10.1. The molecule has 1 N–H and O–H groups in total. The molecule has 1 aliphatic rings. The van der Waals surface area contributed by atoms with Crippen molar-refractivity contribution in [2.75, 3.05) is 19.4 Å². The second kappa shape index (κ2) is 6.37. The normalized spacial score (nSPS) is 18.9. The minimum Gasteiger partial charge on any atom is -0.376 e. The predicted octanol–water partition coefficient (Wildman–Crippen LogP) is 1.14. The van der Waals surface area contributed by atoms with E-state index in [9.17, 15) is 13.2 Å². The van der Waals surface area contributed by atoms with E-state index in [-0.39, 0.29) is 17.8 Å². The van der Waals surface area contributed by atoms with Crippen LogP contribution in [-0.2, 0) is 20.3 Å². The highest BCUT2D eigenvalue weighted by molar-refractivity contribution is 7.89. The first-order chi connectivity index (χ1) is 9.44. The molecule has 1 unspecified atom stereocenters. The summed E-state index contributed by atoms with van der Waals surface area (Å²) in [5.41, 5.74) is 1.21. The van der Waals surface area contributed by atoms with Gasteiger partial charge >= 0.3 is 0 Å². The molecule has 1 aromatic carbocycles. The molecule has 20 heavy (non-hydrogen) atoms. The second-order valence-corrected chi connectivity index (χ2v) is 7.25. The fourth-order valence-corrected chi connectivity index (χ4v) is 2.97. The summed E-state index contributed by atoms with van der Waals surface area (Å²) in [5.74, 6) is -0.170. The molecular weight excluding hydrogens is 278 g/mol. The largest absolute Gasteiger partial charge is 0.376 e. The van der Waals surface area contributed by atoms with E-state index in [1.165, 1.54) is 6.26 Å². The van der Waals surface area contributed by atoms with E-state index in [0.717, 1.165) is 19.4 Å². The zero-order valence-corrected chi connectivity index (χ0v) is 12.3. The summed E-state index contributed by atoms with van der Waals surface area (Å²) in [7, 11) is -3.05. The maximum absolute atomic E-state index is 11.9. The smallest absolute Gasteiger partial charge is 0.251 e. The minimum atomic E-state index is -3.05. The Morgan fingerprint density at radius 2 is 2.05 bits per heavy atom. The lowest BCUT2D eigenvalue weighted by Gasteiger charge is -2.11. The van der Waals surface area contributed by atoms with Crippen LogP contribution in [0.4, 0.5) is 0 Å². The van der Waals surface area contributed by atoms with Gasteiger partial charge in [0.05, 0.1) is 11.9 Å². The number of benzene rings is 1. The molecule has 6 heteroatoms. The van der Waals surface area contributed by atoms with Crippen molar-refractivity contribution in [2.45, 2.75) is 24.7 Å². The third kappa shape index (κ3) is 4.61. The highest BCUT2D eigenvalue weighted by Crippen LogP contribution is 2.11. The standard InChI is InChI=1S/C14H19NO4S/c1-20(17,18)10-11-4-6-12(7-5-11)14(16)15-9-13-3-2-8-19-13/h4-7,13H,2-3,8-10H2,1H3,(H,15,16). The van der Waals surface area contributed by atoms with Crippen molar-refractivity contribution in [1.29, 1.82) is 0 Å². The summed E-state index contributed by atoms with van der Waals surface area (Å²) in [6, 6.07) is 6.63. The van der Waals surface area contributed by atoms with Gasteiger partial charge in [-0.1, -0.05) is 12.1 Å². The molecule has 0 bridgehead atoms. The molecular formula is C14H19NO4S. The van der Waals surface area contributed by atoms with Gasteiger partial charge in [-0.15, -0.1) is 0 Å². The average Bonchev–Trinajstić information content (AvgIpc) is 2.88. The number of carbonyl (C=O) groups is 1. The van der Waals surface area contributed by atoms with E-state index in [1.807, 2.05) is 0 Å². The molecule has 1 saturated heterocycles. The van der Waals surface area contributed by atoms with E-state index < -0.39 is 9.84 Å². The molecule has 0 spiro atoms. The van der Waals surface area contributed by atoms with Crippen LogP contribution in [0.3, 0.4) is 0 Å². The molecule has 0 aliphatic carbocycles. The third-order valence-corrected chi connectivity index (χ3v) is 4.02. The second-order valence-electron chi connectivity index (χ2n) is 5.11. The number of amides is 1. The Labute approximate surface area is 119 Å². The van der Waals surface area contributed by atoms with Crippen molar-refractivity contribution in [1.82, 2.24) is 5.32 Å². The predicted molar refractivity (Wildman–Crippen MR) is 76.3 cm³/mol. The molecule has 1 heterocycles. The van der Waals surface area contributed by atoms with Crippen LogP contribution in [0.5, 0.6) is 0 Å². The van der Waals surface area contributed by atoms with Crippen LogP contribution in [0, 0.1) is 0 Å². The Hall–Kier alpha value is -1.40. The van der Waals surface area contributed by atoms with Gasteiger partial charge in [-0.05, 0) is 30.5 Å². The Kier molecular flexibility index (Phi) is 4.77. The van der Waals surface area contributed by atoms with Gasteiger partial charge in [-0.2, -0.15) is 0 Å². The maximum Gasteiger partial charge on any atom is 0.251 e. The molecule has 0 radical (unpaired) electrons. The molecule has 1 amide bonds. The molecule has 5 nitrogen and oxygen atoms in total. The number of hydrogen-bond donors (Lipinski definition) is 1. The lowest BCUT2D eigenvalue weighted by molar-refractivity contribution is 0.0858. The van der Waals surface area contributed by atoms with Crippen LogP contribution in [0.1, 0.15) is 28.8 Å². The third-order valence-electron chi connectivity index (χ3n) is 3.16. The molecule has 1 aliphatic heterocycles. The number of sulfone groups is 1. The number of hydrogen-bond acceptors (Lipinski definition) is 4. The van der Waals surface area contributed by atoms with Gasteiger partial charge in [0.25, 0.3) is 5.91 Å². The van der Waals surface area contributed by atoms with Crippen molar-refractivity contribution >= 4 is 15.7 Å². The number of ether oxygens (including phenoxy) is 1. The minimum absolute atomic E-state index is 0.00911. The van der Waals surface area contributed by atoms with Crippen LogP contribution in [0.25, 0.3) is 0 Å². The van der Waals surface area contributed by atoms with Gasteiger partial charge in [0.2, 0.25) is 0 Å². The molecule has 1 fully saturated rings. The van der Waals surface area contributed by atoms with Crippen molar-refractivity contribution in [3.05, 3.63) is 35.4 Å². The van der Waals surface area contributed by atoms with E-state index >= 15 is 0 Å². The summed E-state index contributed by atoms with van der Waals surface area (Å²) >= 11 is 0. The summed E-state index contributed by atoms with van der Waals surface area (Å²) in [6.45, 7) is 1.28. The molecule has 1 aromatic rings. The fraction of sp³-hybridized carbons (Fsp3) is 0.500. The number of rotatable bonds is 5. The quantitative estimate of drug-likeness (QED) is 0.884. The summed E-state index contributed by atoms with van der Waals surface area (Å²) in [5, 5.41) is 2.83. The zero-order chi connectivity index (χ0) is 14.6. The first-order valence-corrected chi connectivity index (χ1v) is 8.66. The van der Waals surface area contributed by atoms with Gasteiger partial charge in [0.1, 0.15) is 0 Å². The fourth-order valence-electron chi connectivity index (χ4n) is 2.17. The Bertz CT molecular complexity index is 559. The van der Waals surface area contributed by atoms with Crippen molar-refractivity contribution in [3.8, 4) is 0 Å². The maximum atomic E-state index is 11.9. The van der Waals surface area contributed by atoms with Gasteiger partial charge in [0.15, 0.2) is 9.84 Å². The number of carbonyl (C=O) groups excluding carboxylic acids is 1. The molecule has 1 atom stereocenters. The van der Waals surface area contributed by atoms with Gasteiger partial charge in [-0.25, -0.2) is 8.42 Å². The van der Waals surface area contributed by atoms with Crippen molar-refractivity contribution in [3.63, 3.8) is 0 Å². The first-order valence-electron chi connectivity index (χ1n) is 6.60. The van der Waals surface area contributed by atoms with E-state index in [0.29, 0.717) is 17.7 Å². The SMILES string of the molecule is CS(=O)(=O)Cc1ccc(C(=O)NCC2CCCO2)cc1. The van der Waals surface area contributed by atoms with Crippen LogP contribution in [0.2, 0.25) is 0 Å². The summed E-state index contributed by atoms with van der Waals surface area (Å²) in [6.07, 6.45) is 3.33. The zero-order valence-electron chi connectivity index (χ0n) is 11.5. The Balaban J connectivity index is 1.90. The molecule has 2 rings (SSSR count). The van der Waals surface area contributed by atoms with Crippen LogP contribution in [0.15, 0.2) is 24.3 Å². The highest BCUT2D eigenvalue weighted by Gasteiger charge is 2.16. The van der Waals surface area contributed by atoms with E-state index in [1.54, 1.807) is 24.3 Å². The monoisotopic (exact) mass is 297 g/mol. The molecule has 110 valence electrons. The van der Waals surface area contributed by atoms with Crippen molar-refractivity contribution < 1.29 is 17.9 Å². The first kappa shape index (κ1) is 15.0. The summed E-state index contributed by atoms with van der Waals surface area (Å²) in [4.78, 5) is 11.9. The average molecular weight is 297 g/mol. The van der Waals surface area contributed by atoms with E-state index in [4.69, 9.17) is 4.74 Å².